The van der Waals surface area contributed by atoms with Crippen molar-refractivity contribution in [3.8, 4) is 16.9 Å². The lowest BCUT2D eigenvalue weighted by Crippen LogP contribution is -2.42. The van der Waals surface area contributed by atoms with Crippen LogP contribution in [-0.4, -0.2) is 64.4 Å². The number of benzene rings is 2. The Morgan fingerprint density at radius 3 is 2.59 bits per heavy atom. The van der Waals surface area contributed by atoms with E-state index in [1.54, 1.807) is 0 Å². The number of hydrogen-bond acceptors (Lipinski definition) is 6. The predicted molar refractivity (Wildman–Crippen MR) is 140 cm³/mol. The van der Waals surface area contributed by atoms with Gasteiger partial charge in [0.05, 0.1) is 6.54 Å². The van der Waals surface area contributed by atoms with Crippen LogP contribution in [-0.2, 0) is 29.7 Å². The first kappa shape index (κ1) is 27.4. The maximum absolute atomic E-state index is 13.3. The number of amides is 1. The smallest absolute Gasteiger partial charge is 0.401 e. The molecule has 3 aromatic rings. The zero-order valence-corrected chi connectivity index (χ0v) is 22.4. The van der Waals surface area contributed by atoms with E-state index in [2.05, 4.69) is 42.8 Å². The predicted octanol–water partition coefficient (Wildman–Crippen LogP) is 3.99. The molecule has 3 heterocycles. The molecule has 39 heavy (non-hydrogen) atoms. The molecule has 0 bridgehead atoms. The Balaban J connectivity index is 1.20. The van der Waals surface area contributed by atoms with Crippen LogP contribution in [0.2, 0.25) is 5.02 Å². The second-order valence-corrected chi connectivity index (χ2v) is 10.8. The Bertz CT molecular complexity index is 1340. The molecule has 5 rings (SSSR count). The number of rotatable bonds is 7. The molecule has 12 heteroatoms. The Hall–Kier alpha value is -3.15. The van der Waals surface area contributed by atoms with E-state index in [-0.39, 0.29) is 18.2 Å². The van der Waals surface area contributed by atoms with Gasteiger partial charge in [-0.3, -0.25) is 14.8 Å². The molecule has 1 amide bonds. The number of alkyl halides is 3. The monoisotopic (exact) mass is 562 g/mol. The summed E-state index contributed by atoms with van der Waals surface area (Å²) in [6, 6.07) is 11.9. The summed E-state index contributed by atoms with van der Waals surface area (Å²) in [6.07, 6.45) is -4.97. The fourth-order valence-corrected chi connectivity index (χ4v) is 4.90. The first-order chi connectivity index (χ1) is 18.5. The number of aromatic nitrogens is 3. The van der Waals surface area contributed by atoms with E-state index in [9.17, 15) is 18.0 Å². The van der Waals surface area contributed by atoms with Gasteiger partial charge in [0.1, 0.15) is 17.0 Å². The molecule has 2 aliphatic rings. The number of H-pyrrole nitrogens is 1. The third-order valence-corrected chi connectivity index (χ3v) is 7.54. The van der Waals surface area contributed by atoms with Crippen molar-refractivity contribution in [3.63, 3.8) is 0 Å². The third kappa shape index (κ3) is 5.90. The molecule has 0 saturated carbocycles. The molecule has 1 fully saturated rings. The zero-order valence-electron chi connectivity index (χ0n) is 21.7. The Morgan fingerprint density at radius 2 is 1.90 bits per heavy atom. The molecular weight excluding hydrogens is 533 g/mol. The minimum absolute atomic E-state index is 0.109. The van der Waals surface area contributed by atoms with Gasteiger partial charge in [0.2, 0.25) is 0 Å². The quantitative estimate of drug-likeness (QED) is 0.403. The van der Waals surface area contributed by atoms with Crippen molar-refractivity contribution in [1.82, 2.24) is 30.7 Å². The van der Waals surface area contributed by atoms with Gasteiger partial charge in [0.25, 0.3) is 5.91 Å². The number of hydrogen-bond donors (Lipinski definition) is 3. The lowest BCUT2D eigenvalue weighted by molar-refractivity contribution is -0.182. The summed E-state index contributed by atoms with van der Waals surface area (Å²) in [5.41, 5.74) is 1.59. The molecule has 8 nitrogen and oxygen atoms in total. The highest BCUT2D eigenvalue weighted by Crippen LogP contribution is 2.39. The summed E-state index contributed by atoms with van der Waals surface area (Å²) in [5, 5.41) is 12.7. The van der Waals surface area contributed by atoms with Crippen LogP contribution < -0.4 is 15.4 Å². The molecule has 0 radical (unpaired) electrons. The topological polar surface area (TPSA) is 95.2 Å². The lowest BCUT2D eigenvalue weighted by atomic mass is 9.92. The van der Waals surface area contributed by atoms with Crippen molar-refractivity contribution in [2.24, 2.45) is 0 Å². The van der Waals surface area contributed by atoms with E-state index >= 15 is 0 Å². The molecule has 2 aliphatic heterocycles. The van der Waals surface area contributed by atoms with Gasteiger partial charge < -0.3 is 15.4 Å². The van der Waals surface area contributed by atoms with Crippen molar-refractivity contribution in [1.29, 1.82) is 0 Å². The molecule has 1 saturated heterocycles. The number of piperazine rings is 1. The van der Waals surface area contributed by atoms with Gasteiger partial charge in [0.15, 0.2) is 11.9 Å². The molecule has 0 aliphatic carbocycles. The number of aromatic amines is 1. The van der Waals surface area contributed by atoms with Crippen LogP contribution in [0.1, 0.15) is 36.6 Å². The van der Waals surface area contributed by atoms with Crippen molar-refractivity contribution < 1.29 is 22.7 Å². The van der Waals surface area contributed by atoms with Gasteiger partial charge in [0, 0.05) is 49.7 Å². The van der Waals surface area contributed by atoms with Gasteiger partial charge in [-0.2, -0.15) is 18.3 Å². The molecule has 0 spiro atoms. The molecule has 3 N–H and O–H groups in total. The number of nitrogens with zero attached hydrogens (tertiary/aromatic N) is 3. The van der Waals surface area contributed by atoms with Crippen LogP contribution in [0.3, 0.4) is 0 Å². The minimum atomic E-state index is -4.51. The summed E-state index contributed by atoms with van der Waals surface area (Å²) < 4.78 is 45.7. The van der Waals surface area contributed by atoms with E-state index < -0.39 is 23.6 Å². The highest BCUT2D eigenvalue weighted by Gasteiger charge is 2.51. The van der Waals surface area contributed by atoms with Crippen LogP contribution in [0, 0.1) is 0 Å². The average Bonchev–Trinajstić information content (AvgIpc) is 3.55. The summed E-state index contributed by atoms with van der Waals surface area (Å²) in [7, 11) is 0. The Kier molecular flexibility index (Phi) is 7.58. The Morgan fingerprint density at radius 1 is 1.18 bits per heavy atom. The molecule has 2 aromatic carbocycles. The second kappa shape index (κ2) is 10.8. The number of carbonyl (C=O) groups is 1. The molecule has 208 valence electrons. The number of fused-ring (bicyclic) bond motifs is 1. The van der Waals surface area contributed by atoms with E-state index in [4.69, 9.17) is 16.3 Å². The zero-order chi connectivity index (χ0) is 27.8. The summed E-state index contributed by atoms with van der Waals surface area (Å²) >= 11 is 6.61. The number of ether oxygens (including phenoxy) is 1. The summed E-state index contributed by atoms with van der Waals surface area (Å²) in [4.78, 5) is 19.1. The van der Waals surface area contributed by atoms with Gasteiger partial charge in [-0.25, -0.2) is 4.98 Å². The fraction of sp³-hybridized carbons (Fsp3) is 0.444. The maximum atomic E-state index is 13.3. The highest BCUT2D eigenvalue weighted by molar-refractivity contribution is 6.33. The molecule has 1 atom stereocenters. The van der Waals surface area contributed by atoms with Gasteiger partial charge in [-0.15, -0.1) is 0 Å². The maximum Gasteiger partial charge on any atom is 0.401 e. The van der Waals surface area contributed by atoms with Crippen LogP contribution in [0.25, 0.3) is 11.1 Å². The van der Waals surface area contributed by atoms with Crippen molar-refractivity contribution in [2.75, 3.05) is 26.2 Å². The summed E-state index contributed by atoms with van der Waals surface area (Å²) in [5.74, 6) is -0.0952. The molecule has 1 aromatic heterocycles. The van der Waals surface area contributed by atoms with Crippen molar-refractivity contribution in [2.45, 2.75) is 51.1 Å². The van der Waals surface area contributed by atoms with Gasteiger partial charge in [-0.05, 0) is 42.7 Å². The molecule has 0 unspecified atom stereocenters. The SMILES string of the molecule is CC(C)(c1n[nH]c(CNC(=O)[C@H]2Cc3cc(Cl)c(-c4ccc(CN5CCNCC5)cc4)cc3O2)n1)C(F)(F)F. The van der Waals surface area contributed by atoms with Crippen molar-refractivity contribution in [3.05, 3.63) is 64.2 Å². The minimum Gasteiger partial charge on any atom is -0.480 e. The lowest BCUT2D eigenvalue weighted by Gasteiger charge is -2.27. The average molecular weight is 563 g/mol. The van der Waals surface area contributed by atoms with Gasteiger partial charge >= 0.3 is 6.18 Å². The standard InChI is InChI=1S/C27H30ClF3N6O2/c1-26(2,27(29,30)31)25-34-23(35-36-25)14-33-24(38)22-12-18-11-20(28)19(13-21(18)39-22)17-5-3-16(4-6-17)15-37-9-7-32-8-10-37/h3-6,11,13,22,32H,7-10,12,14-15H2,1-2H3,(H,33,38)(H,34,35,36)/t22-/m1/s1. The number of nitrogens with one attached hydrogen (secondary N) is 3. The first-order valence-corrected chi connectivity index (χ1v) is 13.2. The van der Waals surface area contributed by atoms with Crippen LogP contribution in [0.4, 0.5) is 13.2 Å². The number of carbonyl (C=O) groups excluding carboxylic acids is 1. The van der Waals surface area contributed by atoms with Crippen LogP contribution in [0.15, 0.2) is 36.4 Å². The van der Waals surface area contributed by atoms with E-state index in [0.29, 0.717) is 17.2 Å². The van der Waals surface area contributed by atoms with E-state index in [1.807, 2.05) is 24.3 Å². The molecular formula is C27H30ClF3N6O2. The van der Waals surface area contributed by atoms with Crippen molar-refractivity contribution >= 4 is 17.5 Å². The second-order valence-electron chi connectivity index (χ2n) is 10.4. The largest absolute Gasteiger partial charge is 0.480 e. The van der Waals surface area contributed by atoms with Crippen LogP contribution >= 0.6 is 11.6 Å². The summed E-state index contributed by atoms with van der Waals surface area (Å²) in [6.45, 7) is 6.86. The van der Waals surface area contributed by atoms with Crippen LogP contribution in [0.5, 0.6) is 5.75 Å². The fourth-order valence-electron chi connectivity index (χ4n) is 4.61. The van der Waals surface area contributed by atoms with E-state index in [1.165, 1.54) is 5.56 Å². The Labute approximate surface area is 229 Å². The first-order valence-electron chi connectivity index (χ1n) is 12.8. The van der Waals surface area contributed by atoms with E-state index in [0.717, 1.165) is 63.3 Å². The third-order valence-electron chi connectivity index (χ3n) is 7.23. The number of halogens is 4. The van der Waals surface area contributed by atoms with Gasteiger partial charge in [-0.1, -0.05) is 35.9 Å². The highest BCUT2D eigenvalue weighted by atomic mass is 35.5. The normalized spacial score (nSPS) is 18.1.